The maximum atomic E-state index is 10.9. The molecule has 0 radical (unpaired) electrons. The van der Waals surface area contributed by atoms with E-state index in [9.17, 15) is 15.2 Å². The smallest absolute Gasteiger partial charge is 0.304 e. The first kappa shape index (κ1) is 12.9. The number of hydrogen-bond acceptors (Lipinski definition) is 5. The zero-order valence-corrected chi connectivity index (χ0v) is 10.6. The van der Waals surface area contributed by atoms with Gasteiger partial charge in [-0.1, -0.05) is 0 Å². The molecule has 5 nitrogen and oxygen atoms in total. The zero-order valence-electron chi connectivity index (χ0n) is 9.80. The maximum absolute atomic E-state index is 10.9. The molecule has 0 saturated carbocycles. The van der Waals surface area contributed by atoms with Gasteiger partial charge in [-0.3, -0.25) is 10.1 Å². The minimum Gasteiger partial charge on any atom is -0.388 e. The van der Waals surface area contributed by atoms with E-state index >= 15 is 0 Å². The van der Waals surface area contributed by atoms with Crippen molar-refractivity contribution in [1.82, 2.24) is 0 Å². The van der Waals surface area contributed by atoms with Gasteiger partial charge in [0.25, 0.3) is 0 Å². The maximum Gasteiger partial charge on any atom is 0.304 e. The van der Waals surface area contributed by atoms with Gasteiger partial charge in [0.2, 0.25) is 0 Å². The third-order valence-electron chi connectivity index (χ3n) is 2.42. The van der Waals surface area contributed by atoms with Gasteiger partial charge >= 0.3 is 5.69 Å². The van der Waals surface area contributed by atoms with Crippen LogP contribution >= 0.6 is 11.3 Å². The predicted octanol–water partition coefficient (Wildman–Crippen LogP) is 2.55. The third-order valence-corrected chi connectivity index (χ3v) is 3.80. The second-order valence-corrected chi connectivity index (χ2v) is 5.04. The summed E-state index contributed by atoms with van der Waals surface area (Å²) in [7, 11) is 1.81. The van der Waals surface area contributed by atoms with Crippen molar-refractivity contribution < 1.29 is 10.0 Å². The van der Waals surface area contributed by atoms with Crippen LogP contribution in [0.1, 0.15) is 31.8 Å². The summed E-state index contributed by atoms with van der Waals surface area (Å²) in [5.41, 5.74) is 0.0668. The minimum atomic E-state index is -0.669. The molecule has 16 heavy (non-hydrogen) atoms. The SMILES string of the molecule is CC(O)c1cc([N+](=O)[O-])c(N(C)C(C)C)s1. The molecule has 1 rings (SSSR count). The molecule has 0 spiro atoms. The van der Waals surface area contributed by atoms with E-state index in [0.717, 1.165) is 0 Å². The van der Waals surface area contributed by atoms with Crippen molar-refractivity contribution in [2.75, 3.05) is 11.9 Å². The number of rotatable bonds is 4. The summed E-state index contributed by atoms with van der Waals surface area (Å²) >= 11 is 1.27. The molecule has 6 heteroatoms. The number of hydrogen-bond donors (Lipinski definition) is 1. The topological polar surface area (TPSA) is 66.6 Å². The fourth-order valence-electron chi connectivity index (χ4n) is 1.21. The van der Waals surface area contributed by atoms with Crippen LogP contribution in [0, 0.1) is 10.1 Å². The number of anilines is 1. The summed E-state index contributed by atoms with van der Waals surface area (Å²) in [6.07, 6.45) is -0.669. The zero-order chi connectivity index (χ0) is 12.5. The molecule has 1 atom stereocenters. The van der Waals surface area contributed by atoms with E-state index in [0.29, 0.717) is 9.88 Å². The van der Waals surface area contributed by atoms with Gasteiger partial charge in [0.1, 0.15) is 0 Å². The van der Waals surface area contributed by atoms with E-state index in [2.05, 4.69) is 0 Å². The van der Waals surface area contributed by atoms with Crippen LogP contribution in [-0.4, -0.2) is 23.1 Å². The van der Waals surface area contributed by atoms with Gasteiger partial charge in [-0.15, -0.1) is 11.3 Å². The van der Waals surface area contributed by atoms with Gasteiger partial charge < -0.3 is 10.0 Å². The molecule has 0 fully saturated rings. The lowest BCUT2D eigenvalue weighted by Gasteiger charge is -2.20. The van der Waals surface area contributed by atoms with E-state index in [1.165, 1.54) is 17.4 Å². The van der Waals surface area contributed by atoms with Crippen LogP contribution < -0.4 is 4.90 Å². The van der Waals surface area contributed by atoms with Crippen molar-refractivity contribution in [3.63, 3.8) is 0 Å². The predicted molar refractivity (Wildman–Crippen MR) is 65.1 cm³/mol. The van der Waals surface area contributed by atoms with E-state index in [1.807, 2.05) is 25.8 Å². The van der Waals surface area contributed by atoms with Gasteiger partial charge in [0, 0.05) is 24.0 Å². The van der Waals surface area contributed by atoms with Gasteiger partial charge in [0.05, 0.1) is 11.0 Å². The van der Waals surface area contributed by atoms with Crippen molar-refractivity contribution in [3.05, 3.63) is 21.1 Å². The van der Waals surface area contributed by atoms with E-state index in [4.69, 9.17) is 0 Å². The highest BCUT2D eigenvalue weighted by atomic mass is 32.1. The lowest BCUT2D eigenvalue weighted by Crippen LogP contribution is -2.25. The number of nitro groups is 1. The Balaban J connectivity index is 3.20. The van der Waals surface area contributed by atoms with Gasteiger partial charge in [-0.25, -0.2) is 0 Å². The fourth-order valence-corrected chi connectivity index (χ4v) is 2.37. The average Bonchev–Trinajstić information content (AvgIpc) is 2.60. The molecule has 1 aromatic heterocycles. The monoisotopic (exact) mass is 244 g/mol. The van der Waals surface area contributed by atoms with Gasteiger partial charge in [-0.2, -0.15) is 0 Å². The molecule has 1 N–H and O–H groups in total. The summed E-state index contributed by atoms with van der Waals surface area (Å²) < 4.78 is 0. The molecule has 0 saturated heterocycles. The van der Waals surface area contributed by atoms with Crippen molar-refractivity contribution in [3.8, 4) is 0 Å². The average molecular weight is 244 g/mol. The Hall–Kier alpha value is -1.14. The number of thiophene rings is 1. The first-order valence-corrected chi connectivity index (χ1v) is 5.85. The largest absolute Gasteiger partial charge is 0.388 e. The van der Waals surface area contributed by atoms with E-state index < -0.39 is 11.0 Å². The van der Waals surface area contributed by atoms with Crippen LogP contribution in [0.2, 0.25) is 0 Å². The molecule has 1 heterocycles. The Morgan fingerprint density at radius 2 is 2.06 bits per heavy atom. The van der Waals surface area contributed by atoms with Crippen molar-refractivity contribution in [2.24, 2.45) is 0 Å². The number of nitrogens with zero attached hydrogens (tertiary/aromatic N) is 2. The van der Waals surface area contributed by atoms with Crippen LogP contribution in [-0.2, 0) is 0 Å². The normalized spacial score (nSPS) is 12.9. The van der Waals surface area contributed by atoms with Crippen molar-refractivity contribution in [1.29, 1.82) is 0 Å². The fraction of sp³-hybridized carbons (Fsp3) is 0.600. The molecule has 1 unspecified atom stereocenters. The summed E-state index contributed by atoms with van der Waals surface area (Å²) in [5.74, 6) is 0. The molecule has 0 bridgehead atoms. The Morgan fingerprint density at radius 1 is 1.50 bits per heavy atom. The Kier molecular flexibility index (Phi) is 3.88. The summed E-state index contributed by atoms with van der Waals surface area (Å²) in [6.45, 7) is 5.53. The highest BCUT2D eigenvalue weighted by Crippen LogP contribution is 2.40. The third kappa shape index (κ3) is 2.51. The molecule has 0 aliphatic heterocycles. The second-order valence-electron chi connectivity index (χ2n) is 3.98. The molecular weight excluding hydrogens is 228 g/mol. The second kappa shape index (κ2) is 4.80. The Morgan fingerprint density at radius 3 is 2.44 bits per heavy atom. The Bertz CT molecular complexity index is 387. The summed E-state index contributed by atoms with van der Waals surface area (Å²) in [6, 6.07) is 1.63. The van der Waals surface area contributed by atoms with E-state index in [-0.39, 0.29) is 11.7 Å². The molecule has 0 aliphatic carbocycles. The summed E-state index contributed by atoms with van der Waals surface area (Å²) in [4.78, 5) is 12.9. The standard InChI is InChI=1S/C10H16N2O3S/c1-6(2)11(4)10-8(12(14)15)5-9(16-10)7(3)13/h5-7,13H,1-4H3. The molecule has 0 aromatic carbocycles. The van der Waals surface area contributed by atoms with Crippen molar-refractivity contribution in [2.45, 2.75) is 32.9 Å². The van der Waals surface area contributed by atoms with Crippen LogP contribution in [0.3, 0.4) is 0 Å². The lowest BCUT2D eigenvalue weighted by molar-refractivity contribution is -0.383. The Labute approximate surface area is 98.5 Å². The molecule has 0 aliphatic rings. The molecule has 0 amide bonds. The van der Waals surface area contributed by atoms with Crippen LogP contribution in [0.15, 0.2) is 6.07 Å². The molecular formula is C10H16N2O3S. The molecule has 1 aromatic rings. The quantitative estimate of drug-likeness (QED) is 0.653. The first-order valence-electron chi connectivity index (χ1n) is 5.03. The van der Waals surface area contributed by atoms with Crippen LogP contribution in [0.25, 0.3) is 0 Å². The number of aliphatic hydroxyl groups excluding tert-OH is 1. The van der Waals surface area contributed by atoms with E-state index in [1.54, 1.807) is 6.92 Å². The lowest BCUT2D eigenvalue weighted by atomic mass is 10.3. The van der Waals surface area contributed by atoms with Crippen molar-refractivity contribution >= 4 is 22.0 Å². The molecule has 90 valence electrons. The highest BCUT2D eigenvalue weighted by molar-refractivity contribution is 7.16. The van der Waals surface area contributed by atoms with Crippen LogP contribution in [0.5, 0.6) is 0 Å². The van der Waals surface area contributed by atoms with Gasteiger partial charge in [0.15, 0.2) is 5.00 Å². The van der Waals surface area contributed by atoms with Crippen LogP contribution in [0.4, 0.5) is 10.7 Å². The minimum absolute atomic E-state index is 0.0668. The first-order chi connectivity index (χ1) is 7.34. The summed E-state index contributed by atoms with van der Waals surface area (Å²) in [5, 5.41) is 20.9. The van der Waals surface area contributed by atoms with Gasteiger partial charge in [-0.05, 0) is 20.8 Å². The highest BCUT2D eigenvalue weighted by Gasteiger charge is 2.24. The number of aliphatic hydroxyl groups is 1.